The molecule has 0 heterocycles. The van der Waals surface area contributed by atoms with Crippen molar-refractivity contribution in [1.82, 2.24) is 5.32 Å². The first-order chi connectivity index (χ1) is 7.97. The zero-order chi connectivity index (χ0) is 12.1. The number of alkyl halides is 1. The summed E-state index contributed by atoms with van der Waals surface area (Å²) in [4.78, 5) is 0. The number of hydrogen-bond acceptors (Lipinski definition) is 1. The molecule has 4 aliphatic carbocycles. The van der Waals surface area contributed by atoms with Gasteiger partial charge in [0, 0.05) is 5.54 Å². The van der Waals surface area contributed by atoms with E-state index >= 15 is 0 Å². The molecule has 2 atom stereocenters. The van der Waals surface area contributed by atoms with E-state index in [-0.39, 0.29) is 6.67 Å². The van der Waals surface area contributed by atoms with Gasteiger partial charge in [0.15, 0.2) is 0 Å². The Balaban J connectivity index is 1.77. The van der Waals surface area contributed by atoms with Crippen LogP contribution in [-0.4, -0.2) is 18.8 Å². The van der Waals surface area contributed by atoms with E-state index in [4.69, 9.17) is 0 Å². The smallest absolute Gasteiger partial charge is 0.0906 e. The average molecular weight is 239 g/mol. The summed E-state index contributed by atoms with van der Waals surface area (Å²) < 4.78 is 12.3. The molecule has 4 aliphatic rings. The third-order valence-corrected chi connectivity index (χ3v) is 5.44. The van der Waals surface area contributed by atoms with Crippen LogP contribution in [0.3, 0.4) is 0 Å². The molecule has 0 aromatic rings. The van der Waals surface area contributed by atoms with Gasteiger partial charge in [0.05, 0.1) is 6.67 Å². The Hall–Kier alpha value is -0.110. The number of halogens is 1. The van der Waals surface area contributed by atoms with Gasteiger partial charge in [-0.3, -0.25) is 4.39 Å². The molecule has 4 fully saturated rings. The van der Waals surface area contributed by atoms with Gasteiger partial charge in [0.2, 0.25) is 0 Å². The summed E-state index contributed by atoms with van der Waals surface area (Å²) in [6, 6.07) is 0. The molecule has 1 nitrogen and oxygen atoms in total. The molecular weight excluding hydrogens is 213 g/mol. The van der Waals surface area contributed by atoms with E-state index in [2.05, 4.69) is 19.2 Å². The highest BCUT2D eigenvalue weighted by atomic mass is 19.1. The van der Waals surface area contributed by atoms with Gasteiger partial charge < -0.3 is 5.32 Å². The topological polar surface area (TPSA) is 12.0 Å². The monoisotopic (exact) mass is 239 g/mol. The zero-order valence-corrected chi connectivity index (χ0v) is 11.3. The van der Waals surface area contributed by atoms with Crippen molar-refractivity contribution >= 4 is 0 Å². The van der Waals surface area contributed by atoms with Gasteiger partial charge in [-0.15, -0.1) is 0 Å². The molecule has 0 aromatic carbocycles. The molecular formula is C15H26FN. The average Bonchev–Trinajstić information content (AvgIpc) is 2.11. The Morgan fingerprint density at radius 2 is 1.71 bits per heavy atom. The van der Waals surface area contributed by atoms with Crippen LogP contribution in [-0.2, 0) is 0 Å². The standard InChI is InChI=1S/C15H26FN/c1-13-6-12-7-14(2,9-13)11-15(8-12,10-13)17-5-3-4-16/h12,17H,3-11H2,1-2H3. The normalized spacial score (nSPS) is 52.1. The Morgan fingerprint density at radius 1 is 1.06 bits per heavy atom. The van der Waals surface area contributed by atoms with Crippen molar-refractivity contribution in [1.29, 1.82) is 0 Å². The minimum absolute atomic E-state index is 0.180. The first-order valence-electron chi connectivity index (χ1n) is 7.28. The minimum atomic E-state index is -0.180. The highest BCUT2D eigenvalue weighted by Gasteiger charge is 2.59. The second-order valence-corrected chi connectivity index (χ2v) is 7.88. The van der Waals surface area contributed by atoms with Crippen LogP contribution in [0, 0.1) is 16.7 Å². The van der Waals surface area contributed by atoms with Crippen molar-refractivity contribution in [2.75, 3.05) is 13.2 Å². The van der Waals surface area contributed by atoms with Crippen LogP contribution in [0.5, 0.6) is 0 Å². The lowest BCUT2D eigenvalue weighted by Crippen LogP contribution is -2.64. The first-order valence-corrected chi connectivity index (χ1v) is 7.28. The van der Waals surface area contributed by atoms with Crippen molar-refractivity contribution in [3.63, 3.8) is 0 Å². The predicted octanol–water partition coefficient (Wildman–Crippen LogP) is 3.68. The van der Waals surface area contributed by atoms with Gasteiger partial charge in [0.1, 0.15) is 0 Å². The van der Waals surface area contributed by atoms with E-state index < -0.39 is 0 Å². The second-order valence-electron chi connectivity index (χ2n) is 7.88. The number of nitrogens with one attached hydrogen (secondary N) is 1. The van der Waals surface area contributed by atoms with Gasteiger partial charge in [0.25, 0.3) is 0 Å². The highest BCUT2D eigenvalue weighted by Crippen LogP contribution is 2.66. The lowest BCUT2D eigenvalue weighted by molar-refractivity contribution is -0.117. The molecule has 0 aliphatic heterocycles. The second kappa shape index (κ2) is 3.69. The fourth-order valence-electron chi connectivity index (χ4n) is 6.07. The zero-order valence-electron chi connectivity index (χ0n) is 11.3. The van der Waals surface area contributed by atoms with E-state index in [9.17, 15) is 4.39 Å². The highest BCUT2D eigenvalue weighted by molar-refractivity contribution is 5.14. The third kappa shape index (κ3) is 2.03. The Labute approximate surface area is 105 Å². The molecule has 4 bridgehead atoms. The summed E-state index contributed by atoms with van der Waals surface area (Å²) in [6.07, 6.45) is 8.99. The fraction of sp³-hybridized carbons (Fsp3) is 1.00. The molecule has 2 heteroatoms. The Morgan fingerprint density at radius 3 is 2.24 bits per heavy atom. The van der Waals surface area contributed by atoms with Crippen molar-refractivity contribution in [3.8, 4) is 0 Å². The van der Waals surface area contributed by atoms with Crippen LogP contribution in [0.15, 0.2) is 0 Å². The summed E-state index contributed by atoms with van der Waals surface area (Å²) >= 11 is 0. The van der Waals surface area contributed by atoms with Crippen LogP contribution in [0.2, 0.25) is 0 Å². The largest absolute Gasteiger partial charge is 0.311 e. The SMILES string of the molecule is CC12CC3CC(C)(C1)CC(NCCCF)(C3)C2. The summed E-state index contributed by atoms with van der Waals surface area (Å²) in [7, 11) is 0. The number of rotatable bonds is 4. The summed E-state index contributed by atoms with van der Waals surface area (Å²) in [5, 5.41) is 3.74. The summed E-state index contributed by atoms with van der Waals surface area (Å²) in [6.45, 7) is 5.67. The maximum absolute atomic E-state index is 12.3. The predicted molar refractivity (Wildman–Crippen MR) is 68.7 cm³/mol. The van der Waals surface area contributed by atoms with Crippen molar-refractivity contribution in [2.45, 2.75) is 64.3 Å². The van der Waals surface area contributed by atoms with Crippen molar-refractivity contribution in [2.24, 2.45) is 16.7 Å². The van der Waals surface area contributed by atoms with E-state index in [1.54, 1.807) is 0 Å². The molecule has 4 saturated carbocycles. The molecule has 0 spiro atoms. The van der Waals surface area contributed by atoms with Gasteiger partial charge in [-0.25, -0.2) is 0 Å². The van der Waals surface area contributed by atoms with Gasteiger partial charge >= 0.3 is 0 Å². The third-order valence-electron chi connectivity index (χ3n) is 5.44. The number of hydrogen-bond donors (Lipinski definition) is 1. The van der Waals surface area contributed by atoms with Crippen molar-refractivity contribution < 1.29 is 4.39 Å². The minimum Gasteiger partial charge on any atom is -0.311 e. The quantitative estimate of drug-likeness (QED) is 0.738. The molecule has 0 amide bonds. The Kier molecular flexibility index (Phi) is 2.60. The molecule has 0 radical (unpaired) electrons. The maximum Gasteiger partial charge on any atom is 0.0906 e. The molecule has 1 N–H and O–H groups in total. The fourth-order valence-corrected chi connectivity index (χ4v) is 6.07. The van der Waals surface area contributed by atoms with Crippen LogP contribution < -0.4 is 5.32 Å². The molecule has 0 aromatic heterocycles. The van der Waals surface area contributed by atoms with Crippen LogP contribution >= 0.6 is 0 Å². The first kappa shape index (κ1) is 12.0. The van der Waals surface area contributed by atoms with Gasteiger partial charge in [-0.05, 0) is 68.2 Å². The molecule has 2 unspecified atom stereocenters. The maximum atomic E-state index is 12.3. The van der Waals surface area contributed by atoms with Crippen LogP contribution in [0.4, 0.5) is 4.39 Å². The van der Waals surface area contributed by atoms with Crippen LogP contribution in [0.1, 0.15) is 58.8 Å². The lowest BCUT2D eigenvalue weighted by Gasteiger charge is -2.65. The lowest BCUT2D eigenvalue weighted by atomic mass is 9.43. The van der Waals surface area contributed by atoms with E-state index in [1.165, 1.54) is 38.5 Å². The van der Waals surface area contributed by atoms with E-state index in [0.29, 0.717) is 22.8 Å². The molecule has 0 saturated heterocycles. The van der Waals surface area contributed by atoms with Gasteiger partial charge in [-0.1, -0.05) is 13.8 Å². The molecule has 98 valence electrons. The van der Waals surface area contributed by atoms with Crippen LogP contribution in [0.25, 0.3) is 0 Å². The summed E-state index contributed by atoms with van der Waals surface area (Å²) in [5.41, 5.74) is 1.49. The molecule has 17 heavy (non-hydrogen) atoms. The van der Waals surface area contributed by atoms with Gasteiger partial charge in [-0.2, -0.15) is 0 Å². The molecule has 4 rings (SSSR count). The Bertz CT molecular complexity index is 296. The van der Waals surface area contributed by atoms with E-state index in [0.717, 1.165) is 12.5 Å². The van der Waals surface area contributed by atoms with E-state index in [1.807, 2.05) is 0 Å². The van der Waals surface area contributed by atoms with Crippen molar-refractivity contribution in [3.05, 3.63) is 0 Å². The summed E-state index contributed by atoms with van der Waals surface area (Å²) in [5.74, 6) is 0.930.